The second-order valence-electron chi connectivity index (χ2n) is 4.82. The van der Waals surface area contributed by atoms with Crippen molar-refractivity contribution in [3.05, 3.63) is 24.3 Å². The van der Waals surface area contributed by atoms with Crippen LogP contribution in [-0.2, 0) is 9.59 Å². The molecule has 0 aliphatic carbocycles. The molecule has 0 bridgehead atoms. The lowest BCUT2D eigenvalue weighted by Gasteiger charge is -2.26. The van der Waals surface area contributed by atoms with Crippen LogP contribution in [0.2, 0.25) is 0 Å². The average molecular weight is 260 g/mol. The quantitative estimate of drug-likeness (QED) is 0.908. The molecule has 0 unspecified atom stereocenters. The standard InChI is InChI=1S/C15H20N2O2/c1-3-11(4-2)15(19)17-10-9-14(18)16-12-7-5-6-8-13(12)17/h5-8,11H,3-4,9-10H2,1-2H3,(H,16,18). The van der Waals surface area contributed by atoms with Gasteiger partial charge in [-0.05, 0) is 25.0 Å². The molecular formula is C15H20N2O2. The number of rotatable bonds is 3. The number of carbonyl (C=O) groups excluding carboxylic acids is 2. The first-order chi connectivity index (χ1) is 9.17. The molecule has 1 aliphatic rings. The zero-order valence-electron chi connectivity index (χ0n) is 11.5. The van der Waals surface area contributed by atoms with Crippen LogP contribution in [0.5, 0.6) is 0 Å². The van der Waals surface area contributed by atoms with Crippen LogP contribution >= 0.6 is 0 Å². The Labute approximate surface area is 113 Å². The Morgan fingerprint density at radius 2 is 2.00 bits per heavy atom. The third kappa shape index (κ3) is 2.78. The minimum absolute atomic E-state index is 0.0289. The molecule has 1 aromatic rings. The average Bonchev–Trinajstić information content (AvgIpc) is 2.58. The highest BCUT2D eigenvalue weighted by Crippen LogP contribution is 2.30. The number of hydrogen-bond acceptors (Lipinski definition) is 2. The van der Waals surface area contributed by atoms with Gasteiger partial charge in [-0.2, -0.15) is 0 Å². The van der Waals surface area contributed by atoms with Gasteiger partial charge < -0.3 is 10.2 Å². The Morgan fingerprint density at radius 1 is 1.32 bits per heavy atom. The Balaban J connectivity index is 2.35. The number of amides is 2. The molecule has 19 heavy (non-hydrogen) atoms. The maximum atomic E-state index is 12.6. The van der Waals surface area contributed by atoms with Gasteiger partial charge in [-0.3, -0.25) is 9.59 Å². The van der Waals surface area contributed by atoms with Gasteiger partial charge in [-0.15, -0.1) is 0 Å². The number of para-hydroxylation sites is 2. The van der Waals surface area contributed by atoms with E-state index in [2.05, 4.69) is 5.32 Å². The highest BCUT2D eigenvalue weighted by Gasteiger charge is 2.27. The van der Waals surface area contributed by atoms with Crippen LogP contribution in [0.3, 0.4) is 0 Å². The molecule has 1 aliphatic heterocycles. The van der Waals surface area contributed by atoms with E-state index in [9.17, 15) is 9.59 Å². The highest BCUT2D eigenvalue weighted by atomic mass is 16.2. The Bertz CT molecular complexity index is 481. The molecule has 1 aromatic carbocycles. The van der Waals surface area contributed by atoms with Crippen molar-refractivity contribution in [1.29, 1.82) is 0 Å². The van der Waals surface area contributed by atoms with E-state index in [1.54, 1.807) is 4.90 Å². The lowest BCUT2D eigenvalue weighted by Crippen LogP contribution is -2.36. The van der Waals surface area contributed by atoms with Gasteiger partial charge in [0, 0.05) is 18.9 Å². The van der Waals surface area contributed by atoms with E-state index in [1.807, 2.05) is 38.1 Å². The summed E-state index contributed by atoms with van der Waals surface area (Å²) >= 11 is 0. The van der Waals surface area contributed by atoms with Crippen molar-refractivity contribution in [3.8, 4) is 0 Å². The fourth-order valence-electron chi connectivity index (χ4n) is 2.45. The monoisotopic (exact) mass is 260 g/mol. The van der Waals surface area contributed by atoms with Crippen molar-refractivity contribution in [3.63, 3.8) is 0 Å². The summed E-state index contributed by atoms with van der Waals surface area (Å²) in [7, 11) is 0. The molecule has 4 heteroatoms. The maximum Gasteiger partial charge on any atom is 0.230 e. The molecular weight excluding hydrogens is 240 g/mol. The normalized spacial score (nSPS) is 14.9. The van der Waals surface area contributed by atoms with E-state index in [-0.39, 0.29) is 17.7 Å². The van der Waals surface area contributed by atoms with Crippen molar-refractivity contribution < 1.29 is 9.59 Å². The molecule has 102 valence electrons. The van der Waals surface area contributed by atoms with Crippen molar-refractivity contribution >= 4 is 23.2 Å². The summed E-state index contributed by atoms with van der Waals surface area (Å²) in [6, 6.07) is 7.49. The van der Waals surface area contributed by atoms with E-state index in [1.165, 1.54) is 0 Å². The first-order valence-electron chi connectivity index (χ1n) is 6.87. The van der Waals surface area contributed by atoms with Gasteiger partial charge in [0.1, 0.15) is 0 Å². The predicted molar refractivity (Wildman–Crippen MR) is 76.1 cm³/mol. The van der Waals surface area contributed by atoms with E-state index in [0.717, 1.165) is 24.2 Å². The van der Waals surface area contributed by atoms with E-state index < -0.39 is 0 Å². The first kappa shape index (κ1) is 13.6. The summed E-state index contributed by atoms with van der Waals surface area (Å²) in [6.07, 6.45) is 2.01. The van der Waals surface area contributed by atoms with Gasteiger partial charge in [0.25, 0.3) is 0 Å². The van der Waals surface area contributed by atoms with Gasteiger partial charge in [0.15, 0.2) is 0 Å². The summed E-state index contributed by atoms with van der Waals surface area (Å²) in [4.78, 5) is 26.0. The summed E-state index contributed by atoms with van der Waals surface area (Å²) in [5.74, 6) is 0.113. The van der Waals surface area contributed by atoms with Crippen molar-refractivity contribution in [1.82, 2.24) is 0 Å². The molecule has 1 heterocycles. The van der Waals surface area contributed by atoms with Crippen molar-refractivity contribution in [2.75, 3.05) is 16.8 Å². The van der Waals surface area contributed by atoms with Crippen LogP contribution in [-0.4, -0.2) is 18.4 Å². The van der Waals surface area contributed by atoms with Crippen LogP contribution < -0.4 is 10.2 Å². The summed E-state index contributed by atoms with van der Waals surface area (Å²) < 4.78 is 0. The third-order valence-electron chi connectivity index (χ3n) is 3.63. The Kier molecular flexibility index (Phi) is 4.20. The Morgan fingerprint density at radius 3 is 2.68 bits per heavy atom. The maximum absolute atomic E-state index is 12.6. The predicted octanol–water partition coefficient (Wildman–Crippen LogP) is 2.80. The summed E-state index contributed by atoms with van der Waals surface area (Å²) in [5.41, 5.74) is 1.54. The van der Waals surface area contributed by atoms with E-state index in [0.29, 0.717) is 13.0 Å². The number of anilines is 2. The Hall–Kier alpha value is -1.84. The lowest BCUT2D eigenvalue weighted by molar-refractivity contribution is -0.122. The molecule has 4 nitrogen and oxygen atoms in total. The lowest BCUT2D eigenvalue weighted by atomic mass is 10.0. The minimum atomic E-state index is -0.0349. The van der Waals surface area contributed by atoms with Crippen LogP contribution in [0.25, 0.3) is 0 Å². The molecule has 0 aromatic heterocycles. The fraction of sp³-hybridized carbons (Fsp3) is 0.467. The second-order valence-corrected chi connectivity index (χ2v) is 4.82. The molecule has 0 spiro atoms. The van der Waals surface area contributed by atoms with Crippen molar-refractivity contribution in [2.24, 2.45) is 5.92 Å². The highest BCUT2D eigenvalue weighted by molar-refractivity contribution is 6.04. The molecule has 2 rings (SSSR count). The largest absolute Gasteiger partial charge is 0.324 e. The second kappa shape index (κ2) is 5.87. The molecule has 2 amide bonds. The number of hydrogen-bond donors (Lipinski definition) is 1. The number of fused-ring (bicyclic) bond motifs is 1. The van der Waals surface area contributed by atoms with E-state index >= 15 is 0 Å². The van der Waals surface area contributed by atoms with Gasteiger partial charge in [-0.1, -0.05) is 26.0 Å². The molecule has 1 N–H and O–H groups in total. The fourth-order valence-corrected chi connectivity index (χ4v) is 2.45. The third-order valence-corrected chi connectivity index (χ3v) is 3.63. The summed E-state index contributed by atoms with van der Waals surface area (Å²) in [5, 5.41) is 2.85. The number of nitrogens with one attached hydrogen (secondary N) is 1. The van der Waals surface area contributed by atoms with Crippen molar-refractivity contribution in [2.45, 2.75) is 33.1 Å². The molecule has 0 saturated carbocycles. The zero-order valence-corrected chi connectivity index (χ0v) is 11.5. The zero-order chi connectivity index (χ0) is 13.8. The summed E-state index contributed by atoms with van der Waals surface area (Å²) in [6.45, 7) is 4.51. The van der Waals surface area contributed by atoms with Gasteiger partial charge in [0.2, 0.25) is 11.8 Å². The first-order valence-corrected chi connectivity index (χ1v) is 6.87. The topological polar surface area (TPSA) is 49.4 Å². The molecule has 0 saturated heterocycles. The van der Waals surface area contributed by atoms with Crippen LogP contribution in [0.15, 0.2) is 24.3 Å². The van der Waals surface area contributed by atoms with Gasteiger partial charge in [-0.25, -0.2) is 0 Å². The molecule has 0 fully saturated rings. The van der Waals surface area contributed by atoms with E-state index in [4.69, 9.17) is 0 Å². The van der Waals surface area contributed by atoms with Gasteiger partial charge >= 0.3 is 0 Å². The number of nitrogens with zero attached hydrogens (tertiary/aromatic N) is 1. The number of benzene rings is 1. The van der Waals surface area contributed by atoms with Crippen LogP contribution in [0.4, 0.5) is 11.4 Å². The SMILES string of the molecule is CCC(CC)C(=O)N1CCC(=O)Nc2ccccc21. The van der Waals surface area contributed by atoms with Gasteiger partial charge in [0.05, 0.1) is 11.4 Å². The van der Waals surface area contributed by atoms with Crippen LogP contribution in [0, 0.1) is 5.92 Å². The molecule has 0 atom stereocenters. The van der Waals surface area contributed by atoms with Crippen LogP contribution in [0.1, 0.15) is 33.1 Å². The minimum Gasteiger partial charge on any atom is -0.324 e. The number of carbonyl (C=O) groups is 2. The molecule has 0 radical (unpaired) electrons. The smallest absolute Gasteiger partial charge is 0.230 e.